The topological polar surface area (TPSA) is 59.1 Å². The van der Waals surface area contributed by atoms with Crippen LogP contribution in [-0.4, -0.2) is 48.7 Å². The van der Waals surface area contributed by atoms with Gasteiger partial charge in [0.1, 0.15) is 11.4 Å². The van der Waals surface area contributed by atoms with E-state index in [2.05, 4.69) is 16.7 Å². The number of benzene rings is 1. The Labute approximate surface area is 148 Å². The summed E-state index contributed by atoms with van der Waals surface area (Å²) in [6.45, 7) is 9.70. The molecule has 134 valence electrons. The van der Waals surface area contributed by atoms with Gasteiger partial charge in [-0.05, 0) is 39.8 Å². The van der Waals surface area contributed by atoms with Crippen LogP contribution in [0.1, 0.15) is 27.7 Å². The molecule has 0 unspecified atom stereocenters. The van der Waals surface area contributed by atoms with Crippen LogP contribution < -0.4 is 9.64 Å². The lowest BCUT2D eigenvalue weighted by molar-refractivity contribution is -0.128. The van der Waals surface area contributed by atoms with Crippen LogP contribution in [0.2, 0.25) is 0 Å². The highest BCUT2D eigenvalue weighted by molar-refractivity contribution is 5.90. The van der Waals surface area contributed by atoms with E-state index in [9.17, 15) is 9.59 Å². The predicted octanol–water partition coefficient (Wildman–Crippen LogP) is 2.67. The number of hydrogen-bond acceptors (Lipinski definition) is 5. The number of nitrogens with zero attached hydrogens (tertiary/aromatic N) is 2. The fourth-order valence-electron chi connectivity index (χ4n) is 2.45. The first-order valence-electron chi connectivity index (χ1n) is 8.26. The third-order valence-electron chi connectivity index (χ3n) is 3.55. The summed E-state index contributed by atoms with van der Waals surface area (Å²) in [4.78, 5) is 27.4. The van der Waals surface area contributed by atoms with Gasteiger partial charge < -0.3 is 19.3 Å². The SMILES string of the molecule is CC#CC(=O)Oc1cccc(N2CCN(C(=O)OC(C)(C)C)CC2)c1. The summed E-state index contributed by atoms with van der Waals surface area (Å²) in [5, 5.41) is 0. The molecule has 1 amide bonds. The summed E-state index contributed by atoms with van der Waals surface area (Å²) in [7, 11) is 0. The van der Waals surface area contributed by atoms with Crippen molar-refractivity contribution in [1.29, 1.82) is 0 Å². The van der Waals surface area contributed by atoms with Crippen LogP contribution in [0.5, 0.6) is 5.75 Å². The zero-order chi connectivity index (χ0) is 18.4. The minimum Gasteiger partial charge on any atom is -0.444 e. The van der Waals surface area contributed by atoms with Crippen molar-refractivity contribution in [2.75, 3.05) is 31.1 Å². The molecule has 1 aliphatic heterocycles. The Morgan fingerprint density at radius 1 is 1.12 bits per heavy atom. The van der Waals surface area contributed by atoms with Crippen LogP contribution >= 0.6 is 0 Å². The summed E-state index contributed by atoms with van der Waals surface area (Å²) < 4.78 is 10.6. The van der Waals surface area contributed by atoms with Crippen molar-refractivity contribution in [2.24, 2.45) is 0 Å². The van der Waals surface area contributed by atoms with E-state index in [1.807, 2.05) is 32.9 Å². The van der Waals surface area contributed by atoms with E-state index >= 15 is 0 Å². The molecule has 0 bridgehead atoms. The third-order valence-corrected chi connectivity index (χ3v) is 3.55. The molecule has 1 aromatic rings. The zero-order valence-electron chi connectivity index (χ0n) is 15.2. The summed E-state index contributed by atoms with van der Waals surface area (Å²) in [6.07, 6.45) is -0.284. The molecule has 0 radical (unpaired) electrons. The minimum absolute atomic E-state index is 0.284. The lowest BCUT2D eigenvalue weighted by atomic mass is 10.2. The first-order chi connectivity index (χ1) is 11.8. The van der Waals surface area contributed by atoms with Crippen LogP contribution in [0.3, 0.4) is 0 Å². The summed E-state index contributed by atoms with van der Waals surface area (Å²) in [6, 6.07) is 7.30. The molecule has 0 aliphatic carbocycles. The van der Waals surface area contributed by atoms with Gasteiger partial charge in [0, 0.05) is 43.9 Å². The van der Waals surface area contributed by atoms with Crippen molar-refractivity contribution >= 4 is 17.7 Å². The molecule has 6 heteroatoms. The van der Waals surface area contributed by atoms with Gasteiger partial charge >= 0.3 is 12.1 Å². The van der Waals surface area contributed by atoms with Gasteiger partial charge in [0.25, 0.3) is 0 Å². The van der Waals surface area contributed by atoms with Gasteiger partial charge in [0.05, 0.1) is 0 Å². The number of anilines is 1. The maximum absolute atomic E-state index is 12.1. The average Bonchev–Trinajstić information content (AvgIpc) is 2.54. The molecule has 1 fully saturated rings. The molecule has 0 N–H and O–H groups in total. The molecular weight excluding hydrogens is 320 g/mol. The molecular formula is C19H24N2O4. The van der Waals surface area contributed by atoms with Gasteiger partial charge in [-0.3, -0.25) is 0 Å². The van der Waals surface area contributed by atoms with Crippen molar-refractivity contribution in [2.45, 2.75) is 33.3 Å². The minimum atomic E-state index is -0.575. The summed E-state index contributed by atoms with van der Waals surface area (Å²) in [5.74, 6) is 4.74. The van der Waals surface area contributed by atoms with Crippen molar-refractivity contribution in [3.05, 3.63) is 24.3 Å². The number of carbonyl (C=O) groups excluding carboxylic acids is 2. The monoisotopic (exact) mass is 344 g/mol. The Bertz CT molecular complexity index is 689. The van der Waals surface area contributed by atoms with Crippen LogP contribution in [0.25, 0.3) is 0 Å². The van der Waals surface area contributed by atoms with Crippen LogP contribution in [-0.2, 0) is 9.53 Å². The normalized spacial score (nSPS) is 14.4. The Balaban J connectivity index is 1.95. The van der Waals surface area contributed by atoms with Crippen molar-refractivity contribution in [3.8, 4) is 17.6 Å². The van der Waals surface area contributed by atoms with Gasteiger partial charge in [0.2, 0.25) is 0 Å². The quantitative estimate of drug-likeness (QED) is 0.357. The standard InChI is InChI=1S/C19H24N2O4/c1-5-7-17(22)24-16-9-6-8-15(14-16)20-10-12-21(13-11-20)18(23)25-19(2,3)4/h6,8-9,14H,10-13H2,1-4H3. The van der Waals surface area contributed by atoms with Crippen molar-refractivity contribution in [3.63, 3.8) is 0 Å². The molecule has 0 saturated carbocycles. The fraction of sp³-hybridized carbons (Fsp3) is 0.474. The molecule has 1 aliphatic rings. The van der Waals surface area contributed by atoms with Crippen molar-refractivity contribution < 1.29 is 19.1 Å². The number of rotatable bonds is 2. The number of esters is 1. The molecule has 1 heterocycles. The molecule has 2 rings (SSSR count). The second-order valence-corrected chi connectivity index (χ2v) is 6.72. The number of carbonyl (C=O) groups is 2. The maximum Gasteiger partial charge on any atom is 0.410 e. The zero-order valence-corrected chi connectivity index (χ0v) is 15.2. The first-order valence-corrected chi connectivity index (χ1v) is 8.26. The number of ether oxygens (including phenoxy) is 2. The van der Waals surface area contributed by atoms with Crippen molar-refractivity contribution in [1.82, 2.24) is 4.90 Å². The summed E-state index contributed by atoms with van der Waals surface area (Å²) in [5.41, 5.74) is 0.451. The van der Waals surface area contributed by atoms with Gasteiger partial charge in [-0.15, -0.1) is 0 Å². The Morgan fingerprint density at radius 2 is 1.80 bits per heavy atom. The lowest BCUT2D eigenvalue weighted by Gasteiger charge is -2.36. The molecule has 25 heavy (non-hydrogen) atoms. The highest BCUT2D eigenvalue weighted by Crippen LogP contribution is 2.23. The second kappa shape index (κ2) is 7.93. The van der Waals surface area contributed by atoms with Gasteiger partial charge in [0.15, 0.2) is 0 Å². The third kappa shape index (κ3) is 5.71. The van der Waals surface area contributed by atoms with E-state index in [1.165, 1.54) is 0 Å². The number of amides is 1. The Morgan fingerprint density at radius 3 is 2.40 bits per heavy atom. The van der Waals surface area contributed by atoms with E-state index < -0.39 is 11.6 Å². The molecule has 0 aromatic heterocycles. The lowest BCUT2D eigenvalue weighted by Crippen LogP contribution is -2.50. The van der Waals surface area contributed by atoms with E-state index in [0.29, 0.717) is 31.9 Å². The highest BCUT2D eigenvalue weighted by Gasteiger charge is 2.26. The molecule has 6 nitrogen and oxygen atoms in total. The predicted molar refractivity (Wildman–Crippen MR) is 95.5 cm³/mol. The first kappa shape index (κ1) is 18.7. The maximum atomic E-state index is 12.1. The highest BCUT2D eigenvalue weighted by atomic mass is 16.6. The summed E-state index contributed by atoms with van der Waals surface area (Å²) >= 11 is 0. The molecule has 1 aromatic carbocycles. The Kier molecular flexibility index (Phi) is 5.92. The largest absolute Gasteiger partial charge is 0.444 e. The van der Waals surface area contributed by atoms with E-state index in [-0.39, 0.29) is 6.09 Å². The number of hydrogen-bond donors (Lipinski definition) is 0. The fourth-order valence-corrected chi connectivity index (χ4v) is 2.45. The molecule has 1 saturated heterocycles. The number of piperazine rings is 1. The van der Waals surface area contributed by atoms with E-state index in [4.69, 9.17) is 9.47 Å². The molecule has 0 spiro atoms. The molecule has 0 atom stereocenters. The second-order valence-electron chi connectivity index (χ2n) is 6.72. The van der Waals surface area contributed by atoms with E-state index in [0.717, 1.165) is 5.69 Å². The van der Waals surface area contributed by atoms with Crippen LogP contribution in [0.15, 0.2) is 24.3 Å². The van der Waals surface area contributed by atoms with Crippen LogP contribution in [0.4, 0.5) is 10.5 Å². The van der Waals surface area contributed by atoms with Crippen LogP contribution in [0, 0.1) is 11.8 Å². The Hall–Kier alpha value is -2.68. The van der Waals surface area contributed by atoms with E-state index in [1.54, 1.807) is 24.0 Å². The van der Waals surface area contributed by atoms with Gasteiger partial charge in [-0.25, -0.2) is 9.59 Å². The van der Waals surface area contributed by atoms with Gasteiger partial charge in [-0.2, -0.15) is 0 Å². The van der Waals surface area contributed by atoms with Gasteiger partial charge in [-0.1, -0.05) is 12.0 Å². The average molecular weight is 344 g/mol. The smallest absolute Gasteiger partial charge is 0.410 e.